The van der Waals surface area contributed by atoms with E-state index in [-0.39, 0.29) is 0 Å². The molecule has 0 aliphatic heterocycles. The highest BCUT2D eigenvalue weighted by atomic mass is 16.2. The van der Waals surface area contributed by atoms with E-state index in [0.717, 1.165) is 19.4 Å². The Hall–Kier alpha value is -0.0800. The second-order valence-electron chi connectivity index (χ2n) is 7.36. The molecule has 0 atom stereocenters. The SMILES string of the molecule is CN(CCC(C)(C)C)CCC(C)(C)CCCO. The van der Waals surface area contributed by atoms with E-state index in [9.17, 15) is 0 Å². The largest absolute Gasteiger partial charge is 0.396 e. The van der Waals surface area contributed by atoms with E-state index in [1.54, 1.807) is 0 Å². The van der Waals surface area contributed by atoms with Gasteiger partial charge < -0.3 is 10.0 Å². The Balaban J connectivity index is 3.78. The summed E-state index contributed by atoms with van der Waals surface area (Å²) in [7, 11) is 2.22. The molecular weight excluding hydrogens is 210 g/mol. The average Bonchev–Trinajstić information content (AvgIpc) is 2.20. The van der Waals surface area contributed by atoms with E-state index >= 15 is 0 Å². The van der Waals surface area contributed by atoms with Gasteiger partial charge in [0.2, 0.25) is 0 Å². The van der Waals surface area contributed by atoms with Crippen LogP contribution in [-0.4, -0.2) is 36.8 Å². The molecule has 0 aromatic carbocycles. The maximum Gasteiger partial charge on any atom is 0.0431 e. The maximum atomic E-state index is 8.87. The zero-order chi connectivity index (χ0) is 13.5. The van der Waals surface area contributed by atoms with Crippen molar-refractivity contribution in [3.05, 3.63) is 0 Å². The van der Waals surface area contributed by atoms with Crippen molar-refractivity contribution in [1.82, 2.24) is 4.90 Å². The first-order valence-electron chi connectivity index (χ1n) is 6.96. The summed E-state index contributed by atoms with van der Waals surface area (Å²) >= 11 is 0. The molecule has 0 rings (SSSR count). The molecule has 0 amide bonds. The number of aliphatic hydroxyl groups excluding tert-OH is 1. The summed E-state index contributed by atoms with van der Waals surface area (Å²) in [5.41, 5.74) is 0.791. The summed E-state index contributed by atoms with van der Waals surface area (Å²) in [6.45, 7) is 14.2. The van der Waals surface area contributed by atoms with Crippen LogP contribution in [-0.2, 0) is 0 Å². The number of aliphatic hydroxyl groups is 1. The van der Waals surface area contributed by atoms with Gasteiger partial charge in [0, 0.05) is 6.61 Å². The third kappa shape index (κ3) is 10.8. The molecule has 2 heteroatoms. The van der Waals surface area contributed by atoms with Crippen LogP contribution in [0.3, 0.4) is 0 Å². The summed E-state index contributed by atoms with van der Waals surface area (Å²) < 4.78 is 0. The Labute approximate surface area is 108 Å². The van der Waals surface area contributed by atoms with Crippen molar-refractivity contribution in [1.29, 1.82) is 0 Å². The van der Waals surface area contributed by atoms with E-state index in [0.29, 0.717) is 17.4 Å². The van der Waals surface area contributed by atoms with Crippen LogP contribution in [0, 0.1) is 10.8 Å². The van der Waals surface area contributed by atoms with Gasteiger partial charge in [0.1, 0.15) is 0 Å². The monoisotopic (exact) mass is 243 g/mol. The molecule has 0 unspecified atom stereocenters. The first kappa shape index (κ1) is 16.9. The minimum atomic E-state index is 0.323. The van der Waals surface area contributed by atoms with Gasteiger partial charge in [-0.15, -0.1) is 0 Å². The highest BCUT2D eigenvalue weighted by Gasteiger charge is 2.18. The molecule has 1 N–H and O–H groups in total. The second-order valence-corrected chi connectivity index (χ2v) is 7.36. The fourth-order valence-electron chi connectivity index (χ4n) is 1.81. The van der Waals surface area contributed by atoms with Crippen molar-refractivity contribution >= 4 is 0 Å². The zero-order valence-corrected chi connectivity index (χ0v) is 12.8. The number of nitrogens with zero attached hydrogens (tertiary/aromatic N) is 1. The van der Waals surface area contributed by atoms with Gasteiger partial charge in [-0.05, 0) is 56.7 Å². The van der Waals surface area contributed by atoms with Gasteiger partial charge in [0.15, 0.2) is 0 Å². The van der Waals surface area contributed by atoms with E-state index in [1.807, 2.05) is 0 Å². The van der Waals surface area contributed by atoms with Gasteiger partial charge >= 0.3 is 0 Å². The van der Waals surface area contributed by atoms with Gasteiger partial charge in [0.25, 0.3) is 0 Å². The minimum absolute atomic E-state index is 0.323. The van der Waals surface area contributed by atoms with Gasteiger partial charge in [-0.3, -0.25) is 0 Å². The van der Waals surface area contributed by atoms with Crippen LogP contribution in [0.2, 0.25) is 0 Å². The van der Waals surface area contributed by atoms with Crippen molar-refractivity contribution in [2.24, 2.45) is 10.8 Å². The molecule has 0 saturated carbocycles. The van der Waals surface area contributed by atoms with Crippen molar-refractivity contribution in [2.75, 3.05) is 26.7 Å². The molecular formula is C15H33NO. The Morgan fingerprint density at radius 1 is 0.882 bits per heavy atom. The quantitative estimate of drug-likeness (QED) is 0.705. The summed E-state index contributed by atoms with van der Waals surface area (Å²) in [6.07, 6.45) is 4.52. The zero-order valence-electron chi connectivity index (χ0n) is 12.8. The first-order valence-corrected chi connectivity index (χ1v) is 6.96. The molecule has 0 aliphatic rings. The van der Waals surface area contributed by atoms with Gasteiger partial charge in [-0.1, -0.05) is 34.6 Å². The van der Waals surface area contributed by atoms with E-state index in [4.69, 9.17) is 5.11 Å². The molecule has 0 heterocycles. The third-order valence-electron chi connectivity index (χ3n) is 3.43. The first-order chi connectivity index (χ1) is 7.66. The molecule has 17 heavy (non-hydrogen) atoms. The van der Waals surface area contributed by atoms with Gasteiger partial charge in [-0.25, -0.2) is 0 Å². The highest BCUT2D eigenvalue weighted by molar-refractivity contribution is 4.71. The Bertz CT molecular complexity index is 194. The predicted octanol–water partition coefficient (Wildman–Crippen LogP) is 3.54. The average molecular weight is 243 g/mol. The predicted molar refractivity (Wildman–Crippen MR) is 76.3 cm³/mol. The van der Waals surface area contributed by atoms with Crippen LogP contribution in [0.15, 0.2) is 0 Å². The van der Waals surface area contributed by atoms with E-state index < -0.39 is 0 Å². The van der Waals surface area contributed by atoms with Crippen LogP contribution in [0.25, 0.3) is 0 Å². The molecule has 0 bridgehead atoms. The molecule has 0 fully saturated rings. The van der Waals surface area contributed by atoms with Crippen molar-refractivity contribution in [3.63, 3.8) is 0 Å². The minimum Gasteiger partial charge on any atom is -0.396 e. The summed E-state index contributed by atoms with van der Waals surface area (Å²) in [5, 5.41) is 8.87. The van der Waals surface area contributed by atoms with E-state index in [1.165, 1.54) is 19.4 Å². The van der Waals surface area contributed by atoms with Crippen LogP contribution in [0.5, 0.6) is 0 Å². The van der Waals surface area contributed by atoms with Crippen LogP contribution < -0.4 is 0 Å². The molecule has 0 aliphatic carbocycles. The fraction of sp³-hybridized carbons (Fsp3) is 1.00. The molecule has 0 spiro atoms. The Kier molecular flexibility index (Phi) is 7.34. The molecule has 0 radical (unpaired) electrons. The van der Waals surface area contributed by atoms with Crippen LogP contribution >= 0.6 is 0 Å². The van der Waals surface area contributed by atoms with Crippen molar-refractivity contribution in [3.8, 4) is 0 Å². The Morgan fingerprint density at radius 3 is 1.88 bits per heavy atom. The smallest absolute Gasteiger partial charge is 0.0431 e. The topological polar surface area (TPSA) is 23.5 Å². The Morgan fingerprint density at radius 2 is 1.41 bits per heavy atom. The van der Waals surface area contributed by atoms with Gasteiger partial charge in [-0.2, -0.15) is 0 Å². The molecule has 0 aromatic rings. The lowest BCUT2D eigenvalue weighted by molar-refractivity contribution is 0.196. The molecule has 2 nitrogen and oxygen atoms in total. The summed E-state index contributed by atoms with van der Waals surface area (Å²) in [5.74, 6) is 0. The highest BCUT2D eigenvalue weighted by Crippen LogP contribution is 2.27. The lowest BCUT2D eigenvalue weighted by Gasteiger charge is -2.29. The summed E-state index contributed by atoms with van der Waals surface area (Å²) in [4.78, 5) is 2.44. The summed E-state index contributed by atoms with van der Waals surface area (Å²) in [6, 6.07) is 0. The van der Waals surface area contributed by atoms with Gasteiger partial charge in [0.05, 0.1) is 0 Å². The molecule has 0 saturated heterocycles. The van der Waals surface area contributed by atoms with Crippen LogP contribution in [0.4, 0.5) is 0 Å². The third-order valence-corrected chi connectivity index (χ3v) is 3.43. The van der Waals surface area contributed by atoms with Crippen LogP contribution in [0.1, 0.15) is 60.3 Å². The maximum absolute atomic E-state index is 8.87. The number of hydrogen-bond acceptors (Lipinski definition) is 2. The van der Waals surface area contributed by atoms with E-state index in [2.05, 4.69) is 46.6 Å². The lowest BCUT2D eigenvalue weighted by Crippen LogP contribution is -2.28. The van der Waals surface area contributed by atoms with Crippen molar-refractivity contribution in [2.45, 2.75) is 60.3 Å². The van der Waals surface area contributed by atoms with Crippen molar-refractivity contribution < 1.29 is 5.11 Å². The number of rotatable bonds is 8. The number of hydrogen-bond donors (Lipinski definition) is 1. The fourth-order valence-corrected chi connectivity index (χ4v) is 1.81. The second kappa shape index (κ2) is 7.38. The molecule has 104 valence electrons. The molecule has 0 aromatic heterocycles. The standard InChI is InChI=1S/C15H33NO/c1-14(2,3)9-11-16(6)12-10-15(4,5)8-7-13-17/h17H,7-13H2,1-6H3. The normalized spacial score (nSPS) is 13.4. The lowest BCUT2D eigenvalue weighted by atomic mass is 9.84.